The van der Waals surface area contributed by atoms with Gasteiger partial charge >= 0.3 is 5.97 Å². The monoisotopic (exact) mass is 338 g/mol. The quantitative estimate of drug-likeness (QED) is 0.640. The molecule has 4 rings (SSSR count). The van der Waals surface area contributed by atoms with Crippen LogP contribution in [0.3, 0.4) is 0 Å². The van der Waals surface area contributed by atoms with Gasteiger partial charge in [0.1, 0.15) is 5.75 Å². The van der Waals surface area contributed by atoms with E-state index in [0.717, 1.165) is 28.7 Å². The van der Waals surface area contributed by atoms with Gasteiger partial charge in [0, 0.05) is 10.1 Å². The fraction of sp³-hybridized carbons (Fsp3) is 0.250. The number of carbonyl (C=O) groups excluding carboxylic acids is 1. The van der Waals surface area contributed by atoms with Crippen molar-refractivity contribution >= 4 is 27.4 Å². The molecule has 0 unspecified atom stereocenters. The molecule has 2 aromatic carbocycles. The number of carbonyl (C=O) groups is 1. The van der Waals surface area contributed by atoms with Crippen molar-refractivity contribution < 1.29 is 14.3 Å². The average molecular weight is 338 g/mol. The topological polar surface area (TPSA) is 35.5 Å². The number of ether oxygens (including phenoxy) is 2. The number of esters is 1. The zero-order valence-electron chi connectivity index (χ0n) is 13.7. The third-order valence-corrected chi connectivity index (χ3v) is 5.51. The lowest BCUT2D eigenvalue weighted by Crippen LogP contribution is -2.09. The lowest BCUT2D eigenvalue weighted by molar-refractivity contribution is 0.0529. The zero-order valence-corrected chi connectivity index (χ0v) is 14.5. The molecule has 0 aliphatic heterocycles. The second-order valence-electron chi connectivity index (χ2n) is 5.87. The molecule has 0 saturated heterocycles. The van der Waals surface area contributed by atoms with Gasteiger partial charge in [-0.15, -0.1) is 11.3 Å². The predicted octanol–water partition coefficient (Wildman–Crippen LogP) is 4.85. The van der Waals surface area contributed by atoms with Crippen molar-refractivity contribution in [3.8, 4) is 16.9 Å². The smallest absolute Gasteiger partial charge is 0.339 e. The maximum absolute atomic E-state index is 12.3. The van der Waals surface area contributed by atoms with E-state index in [2.05, 4.69) is 18.2 Å². The number of aryl methyl sites for hydroxylation is 2. The van der Waals surface area contributed by atoms with Gasteiger partial charge in [-0.3, -0.25) is 0 Å². The first-order valence-electron chi connectivity index (χ1n) is 8.10. The SMILES string of the molecule is CCOC(=O)c1cc2c(c3ccsc13)-c1ccc(OC)cc1CC2. The molecule has 0 saturated carbocycles. The predicted molar refractivity (Wildman–Crippen MR) is 97.2 cm³/mol. The van der Waals surface area contributed by atoms with Crippen LogP contribution < -0.4 is 4.74 Å². The Balaban J connectivity index is 1.95. The Morgan fingerprint density at radius 2 is 2.00 bits per heavy atom. The van der Waals surface area contributed by atoms with E-state index in [-0.39, 0.29) is 5.97 Å². The Morgan fingerprint density at radius 1 is 1.17 bits per heavy atom. The lowest BCUT2D eigenvalue weighted by atomic mass is 9.83. The molecule has 0 fully saturated rings. The van der Waals surface area contributed by atoms with Gasteiger partial charge < -0.3 is 9.47 Å². The minimum Gasteiger partial charge on any atom is -0.497 e. The van der Waals surface area contributed by atoms with Crippen molar-refractivity contribution in [3.05, 3.63) is 52.4 Å². The van der Waals surface area contributed by atoms with E-state index < -0.39 is 0 Å². The molecular weight excluding hydrogens is 320 g/mol. The molecule has 3 nitrogen and oxygen atoms in total. The standard InChI is InChI=1S/C20H18O3S/c1-3-23-20(21)17-11-13-5-4-12-10-14(22-2)6-7-15(12)18(13)16-8-9-24-19(16)17/h6-11H,3-5H2,1-2H3. The van der Waals surface area contributed by atoms with Crippen LogP contribution in [0.5, 0.6) is 5.75 Å². The highest BCUT2D eigenvalue weighted by molar-refractivity contribution is 7.17. The highest BCUT2D eigenvalue weighted by Gasteiger charge is 2.24. The summed E-state index contributed by atoms with van der Waals surface area (Å²) < 4.78 is 11.6. The van der Waals surface area contributed by atoms with Crippen molar-refractivity contribution in [2.45, 2.75) is 19.8 Å². The summed E-state index contributed by atoms with van der Waals surface area (Å²) in [5.41, 5.74) is 5.72. The molecule has 0 amide bonds. The second kappa shape index (κ2) is 5.95. The molecule has 0 radical (unpaired) electrons. The van der Waals surface area contributed by atoms with E-state index >= 15 is 0 Å². The first kappa shape index (κ1) is 15.2. The van der Waals surface area contributed by atoms with Crippen molar-refractivity contribution in [2.75, 3.05) is 13.7 Å². The molecular formula is C20H18O3S. The minimum atomic E-state index is -0.228. The molecule has 0 N–H and O–H groups in total. The number of hydrogen-bond donors (Lipinski definition) is 0. The fourth-order valence-corrected chi connectivity index (χ4v) is 4.40. The van der Waals surface area contributed by atoms with Crippen LogP contribution in [-0.4, -0.2) is 19.7 Å². The minimum absolute atomic E-state index is 0.228. The molecule has 0 bridgehead atoms. The van der Waals surface area contributed by atoms with E-state index in [1.807, 2.05) is 24.4 Å². The van der Waals surface area contributed by atoms with Gasteiger partial charge in [-0.25, -0.2) is 4.79 Å². The van der Waals surface area contributed by atoms with Gasteiger partial charge in [-0.2, -0.15) is 0 Å². The highest BCUT2D eigenvalue weighted by atomic mass is 32.1. The van der Waals surface area contributed by atoms with Crippen LogP contribution in [0.25, 0.3) is 21.2 Å². The summed E-state index contributed by atoms with van der Waals surface area (Å²) in [4.78, 5) is 12.3. The van der Waals surface area contributed by atoms with Crippen LogP contribution in [0.2, 0.25) is 0 Å². The lowest BCUT2D eigenvalue weighted by Gasteiger charge is -2.22. The maximum atomic E-state index is 12.3. The Bertz CT molecular complexity index is 939. The molecule has 1 aliphatic carbocycles. The van der Waals surface area contributed by atoms with Crippen LogP contribution >= 0.6 is 11.3 Å². The van der Waals surface area contributed by atoms with Crippen molar-refractivity contribution in [1.29, 1.82) is 0 Å². The normalized spacial score (nSPS) is 12.6. The molecule has 0 spiro atoms. The van der Waals surface area contributed by atoms with Crippen molar-refractivity contribution in [1.82, 2.24) is 0 Å². The summed E-state index contributed by atoms with van der Waals surface area (Å²) in [5, 5.41) is 3.19. The van der Waals surface area contributed by atoms with Crippen LogP contribution in [-0.2, 0) is 17.6 Å². The van der Waals surface area contributed by atoms with E-state index in [4.69, 9.17) is 9.47 Å². The van der Waals surface area contributed by atoms with Crippen molar-refractivity contribution in [2.24, 2.45) is 0 Å². The summed E-state index contributed by atoms with van der Waals surface area (Å²) in [6.07, 6.45) is 1.88. The van der Waals surface area contributed by atoms with Crippen LogP contribution in [0.15, 0.2) is 35.7 Å². The van der Waals surface area contributed by atoms with Crippen LogP contribution in [0, 0.1) is 0 Å². The summed E-state index contributed by atoms with van der Waals surface area (Å²) in [7, 11) is 1.70. The molecule has 122 valence electrons. The van der Waals surface area contributed by atoms with E-state index in [1.165, 1.54) is 22.3 Å². The first-order valence-corrected chi connectivity index (χ1v) is 8.98. The Kier molecular flexibility index (Phi) is 3.77. The molecule has 4 heteroatoms. The Hall–Kier alpha value is -2.33. The van der Waals surface area contributed by atoms with Crippen molar-refractivity contribution in [3.63, 3.8) is 0 Å². The number of thiophene rings is 1. The van der Waals surface area contributed by atoms with Gasteiger partial charge in [0.15, 0.2) is 0 Å². The first-order chi connectivity index (χ1) is 11.7. The summed E-state index contributed by atoms with van der Waals surface area (Å²) in [5.74, 6) is 0.662. The summed E-state index contributed by atoms with van der Waals surface area (Å²) >= 11 is 1.60. The van der Waals surface area contributed by atoms with Gasteiger partial charge in [-0.05, 0) is 71.7 Å². The molecule has 1 aromatic heterocycles. The molecule has 0 atom stereocenters. The number of fused-ring (bicyclic) bond motifs is 5. The highest BCUT2D eigenvalue weighted by Crippen LogP contribution is 2.43. The number of methoxy groups -OCH3 is 1. The second-order valence-corrected chi connectivity index (χ2v) is 6.78. The molecule has 1 heterocycles. The summed E-state index contributed by atoms with van der Waals surface area (Å²) in [6.45, 7) is 2.23. The Morgan fingerprint density at radius 3 is 2.79 bits per heavy atom. The molecule has 3 aromatic rings. The number of benzene rings is 2. The summed E-state index contributed by atoms with van der Waals surface area (Å²) in [6, 6.07) is 10.4. The van der Waals surface area contributed by atoms with Crippen LogP contribution in [0.1, 0.15) is 28.4 Å². The molecule has 24 heavy (non-hydrogen) atoms. The van der Waals surface area contributed by atoms with Gasteiger partial charge in [0.25, 0.3) is 0 Å². The average Bonchev–Trinajstić information content (AvgIpc) is 3.09. The largest absolute Gasteiger partial charge is 0.497 e. The van der Waals surface area contributed by atoms with E-state index in [0.29, 0.717) is 12.2 Å². The third kappa shape index (κ3) is 2.29. The van der Waals surface area contributed by atoms with E-state index in [1.54, 1.807) is 18.4 Å². The fourth-order valence-electron chi connectivity index (χ4n) is 3.49. The number of rotatable bonds is 3. The van der Waals surface area contributed by atoms with E-state index in [9.17, 15) is 4.79 Å². The Labute approximate surface area is 144 Å². The van der Waals surface area contributed by atoms with Crippen LogP contribution in [0.4, 0.5) is 0 Å². The van der Waals surface area contributed by atoms with Gasteiger partial charge in [0.05, 0.1) is 19.3 Å². The molecule has 1 aliphatic rings. The van der Waals surface area contributed by atoms with Gasteiger partial charge in [-0.1, -0.05) is 6.07 Å². The number of hydrogen-bond acceptors (Lipinski definition) is 4. The maximum Gasteiger partial charge on any atom is 0.339 e. The zero-order chi connectivity index (χ0) is 16.7. The third-order valence-electron chi connectivity index (χ3n) is 4.56. The van der Waals surface area contributed by atoms with Gasteiger partial charge in [0.2, 0.25) is 0 Å².